The van der Waals surface area contributed by atoms with Crippen LogP contribution < -0.4 is 11.1 Å². The Kier molecular flexibility index (Phi) is 4.70. The van der Waals surface area contributed by atoms with Crippen molar-refractivity contribution in [3.05, 3.63) is 35.2 Å². The smallest absolute Gasteiger partial charge is 0.242 e. The van der Waals surface area contributed by atoms with E-state index in [2.05, 4.69) is 22.8 Å². The molecule has 0 aliphatic heterocycles. The molecule has 0 bridgehead atoms. The Bertz CT molecular complexity index is 624. The number of nitrogens with two attached hydrogens (primary N) is 1. The van der Waals surface area contributed by atoms with Crippen LogP contribution in [0.25, 0.3) is 10.1 Å². The molecule has 1 aromatic carbocycles. The van der Waals surface area contributed by atoms with Crippen LogP contribution in [0.3, 0.4) is 0 Å². The van der Waals surface area contributed by atoms with E-state index in [0.29, 0.717) is 6.54 Å². The van der Waals surface area contributed by atoms with Crippen LogP contribution in [0.1, 0.15) is 5.56 Å². The van der Waals surface area contributed by atoms with E-state index in [9.17, 15) is 9.59 Å². The summed E-state index contributed by atoms with van der Waals surface area (Å²) in [6.07, 6.45) is 0. The standard InChI is InChI=1S/C14H17N3O2S/c1-17(14(19)7-16-13(18)6-15)8-10-9-20-12-5-3-2-4-11(10)12/h2-5,9H,6-8,15H2,1H3,(H,16,18). The van der Waals surface area contributed by atoms with E-state index >= 15 is 0 Å². The SMILES string of the molecule is CN(Cc1csc2ccccc12)C(=O)CNC(=O)CN. The first-order chi connectivity index (χ1) is 9.61. The van der Waals surface area contributed by atoms with Gasteiger partial charge in [-0.1, -0.05) is 18.2 Å². The number of nitrogens with zero attached hydrogens (tertiary/aromatic N) is 1. The van der Waals surface area contributed by atoms with Gasteiger partial charge >= 0.3 is 0 Å². The quantitative estimate of drug-likeness (QED) is 0.860. The molecule has 0 aliphatic rings. The van der Waals surface area contributed by atoms with E-state index in [4.69, 9.17) is 5.73 Å². The molecule has 6 heteroatoms. The lowest BCUT2D eigenvalue weighted by Crippen LogP contribution is -2.40. The highest BCUT2D eigenvalue weighted by atomic mass is 32.1. The van der Waals surface area contributed by atoms with Crippen molar-refractivity contribution in [3.8, 4) is 0 Å². The second kappa shape index (κ2) is 6.49. The highest BCUT2D eigenvalue weighted by Crippen LogP contribution is 2.26. The third kappa shape index (κ3) is 3.34. The van der Waals surface area contributed by atoms with Gasteiger partial charge in [0.1, 0.15) is 0 Å². The first-order valence-electron chi connectivity index (χ1n) is 6.27. The molecule has 0 unspecified atom stereocenters. The van der Waals surface area contributed by atoms with E-state index in [1.165, 1.54) is 10.1 Å². The molecule has 20 heavy (non-hydrogen) atoms. The van der Waals surface area contributed by atoms with Crippen LogP contribution in [0.5, 0.6) is 0 Å². The molecule has 2 aromatic rings. The average Bonchev–Trinajstić information content (AvgIpc) is 2.87. The molecule has 0 fully saturated rings. The normalized spacial score (nSPS) is 10.5. The zero-order valence-electron chi connectivity index (χ0n) is 11.3. The first-order valence-corrected chi connectivity index (χ1v) is 7.15. The lowest BCUT2D eigenvalue weighted by atomic mass is 10.2. The summed E-state index contributed by atoms with van der Waals surface area (Å²) in [6, 6.07) is 8.10. The summed E-state index contributed by atoms with van der Waals surface area (Å²) < 4.78 is 1.21. The molecule has 106 valence electrons. The fourth-order valence-corrected chi connectivity index (χ4v) is 2.83. The van der Waals surface area contributed by atoms with Crippen molar-refractivity contribution in [2.75, 3.05) is 20.1 Å². The van der Waals surface area contributed by atoms with Crippen molar-refractivity contribution in [1.29, 1.82) is 0 Å². The Hall–Kier alpha value is -1.92. The molecular weight excluding hydrogens is 274 g/mol. The van der Waals surface area contributed by atoms with Crippen LogP contribution in [-0.2, 0) is 16.1 Å². The Morgan fingerprint density at radius 2 is 2.10 bits per heavy atom. The predicted octanol–water partition coefficient (Wildman–Crippen LogP) is 0.935. The number of hydrogen-bond acceptors (Lipinski definition) is 4. The topological polar surface area (TPSA) is 75.4 Å². The monoisotopic (exact) mass is 291 g/mol. The van der Waals surface area contributed by atoms with Gasteiger partial charge in [-0.05, 0) is 22.4 Å². The number of nitrogens with one attached hydrogen (secondary N) is 1. The summed E-state index contributed by atoms with van der Waals surface area (Å²) in [7, 11) is 1.73. The highest BCUT2D eigenvalue weighted by Gasteiger charge is 2.12. The number of likely N-dealkylation sites (N-methyl/N-ethyl adjacent to an activating group) is 1. The molecule has 1 heterocycles. The summed E-state index contributed by atoms with van der Waals surface area (Å²) in [6.45, 7) is 0.405. The lowest BCUT2D eigenvalue weighted by molar-refractivity contribution is -0.131. The zero-order chi connectivity index (χ0) is 14.5. The Morgan fingerprint density at radius 3 is 2.85 bits per heavy atom. The number of thiophene rings is 1. The maximum absolute atomic E-state index is 11.9. The maximum atomic E-state index is 11.9. The fourth-order valence-electron chi connectivity index (χ4n) is 1.88. The van der Waals surface area contributed by atoms with Gasteiger partial charge in [0.2, 0.25) is 11.8 Å². The van der Waals surface area contributed by atoms with Crippen molar-refractivity contribution in [3.63, 3.8) is 0 Å². The molecule has 0 saturated heterocycles. The molecule has 2 amide bonds. The fraction of sp³-hybridized carbons (Fsp3) is 0.286. The van der Waals surface area contributed by atoms with Gasteiger partial charge in [0, 0.05) is 18.3 Å². The van der Waals surface area contributed by atoms with Crippen LogP contribution in [0, 0.1) is 0 Å². The van der Waals surface area contributed by atoms with Gasteiger partial charge in [0.05, 0.1) is 13.1 Å². The third-order valence-electron chi connectivity index (χ3n) is 3.02. The molecule has 0 spiro atoms. The Morgan fingerprint density at radius 1 is 1.35 bits per heavy atom. The number of carbonyl (C=O) groups excluding carboxylic acids is 2. The molecule has 3 N–H and O–H groups in total. The lowest BCUT2D eigenvalue weighted by Gasteiger charge is -2.17. The predicted molar refractivity (Wildman–Crippen MR) is 80.4 cm³/mol. The maximum Gasteiger partial charge on any atom is 0.242 e. The summed E-state index contributed by atoms with van der Waals surface area (Å²) >= 11 is 1.67. The molecule has 0 radical (unpaired) electrons. The summed E-state index contributed by atoms with van der Waals surface area (Å²) in [5.41, 5.74) is 6.29. The van der Waals surface area contributed by atoms with Gasteiger partial charge < -0.3 is 16.0 Å². The highest BCUT2D eigenvalue weighted by molar-refractivity contribution is 7.17. The number of hydrogen-bond donors (Lipinski definition) is 2. The van der Waals surface area contributed by atoms with E-state index in [0.717, 1.165) is 5.56 Å². The van der Waals surface area contributed by atoms with Crippen LogP contribution in [0.15, 0.2) is 29.6 Å². The second-order valence-electron chi connectivity index (χ2n) is 4.49. The molecule has 0 aliphatic carbocycles. The first kappa shape index (κ1) is 14.5. The molecule has 0 saturated carbocycles. The van der Waals surface area contributed by atoms with Crippen molar-refractivity contribution in [2.45, 2.75) is 6.54 Å². The Balaban J connectivity index is 1.98. The van der Waals surface area contributed by atoms with Crippen LogP contribution >= 0.6 is 11.3 Å². The average molecular weight is 291 g/mol. The third-order valence-corrected chi connectivity index (χ3v) is 4.03. The molecule has 2 rings (SSSR count). The van der Waals surface area contributed by atoms with Crippen LogP contribution in [-0.4, -0.2) is 36.9 Å². The van der Waals surface area contributed by atoms with Gasteiger partial charge in [-0.2, -0.15) is 0 Å². The van der Waals surface area contributed by atoms with Gasteiger partial charge in [0.25, 0.3) is 0 Å². The minimum Gasteiger partial charge on any atom is -0.346 e. The van der Waals surface area contributed by atoms with Crippen LogP contribution in [0.4, 0.5) is 0 Å². The van der Waals surface area contributed by atoms with E-state index in [-0.39, 0.29) is 24.9 Å². The van der Waals surface area contributed by atoms with Crippen molar-refractivity contribution in [2.24, 2.45) is 5.73 Å². The van der Waals surface area contributed by atoms with Gasteiger partial charge in [-0.15, -0.1) is 11.3 Å². The number of fused-ring (bicyclic) bond motifs is 1. The van der Waals surface area contributed by atoms with Crippen LogP contribution in [0.2, 0.25) is 0 Å². The number of amides is 2. The second-order valence-corrected chi connectivity index (χ2v) is 5.40. The van der Waals surface area contributed by atoms with E-state index < -0.39 is 0 Å². The minimum absolute atomic E-state index is 0.0192. The summed E-state index contributed by atoms with van der Waals surface area (Å²) in [5, 5.41) is 5.71. The number of rotatable bonds is 5. The van der Waals surface area contributed by atoms with E-state index in [1.54, 1.807) is 23.3 Å². The Labute approximate surface area is 121 Å². The molecular formula is C14H17N3O2S. The molecule has 5 nitrogen and oxygen atoms in total. The van der Waals surface area contributed by atoms with E-state index in [1.807, 2.05) is 12.1 Å². The van der Waals surface area contributed by atoms with Gasteiger partial charge in [-0.3, -0.25) is 9.59 Å². The summed E-state index contributed by atoms with van der Waals surface area (Å²) in [5.74, 6) is -0.463. The van der Waals surface area contributed by atoms with Crippen molar-refractivity contribution >= 4 is 33.2 Å². The van der Waals surface area contributed by atoms with Gasteiger partial charge in [-0.25, -0.2) is 0 Å². The van der Waals surface area contributed by atoms with Gasteiger partial charge in [0.15, 0.2) is 0 Å². The summed E-state index contributed by atoms with van der Waals surface area (Å²) in [4.78, 5) is 24.5. The number of benzene rings is 1. The number of carbonyl (C=O) groups is 2. The zero-order valence-corrected chi connectivity index (χ0v) is 12.1. The molecule has 1 aromatic heterocycles. The minimum atomic E-state index is -0.326. The van der Waals surface area contributed by atoms with Crippen molar-refractivity contribution in [1.82, 2.24) is 10.2 Å². The molecule has 0 atom stereocenters. The van der Waals surface area contributed by atoms with Crippen molar-refractivity contribution < 1.29 is 9.59 Å². The largest absolute Gasteiger partial charge is 0.346 e.